The van der Waals surface area contributed by atoms with Gasteiger partial charge >= 0.3 is 0 Å². The molecule has 0 spiro atoms. The van der Waals surface area contributed by atoms with Crippen LogP contribution in [0.5, 0.6) is 0 Å². The van der Waals surface area contributed by atoms with Crippen molar-refractivity contribution in [1.29, 1.82) is 0 Å². The molecule has 2 aromatic rings. The molecule has 0 unspecified atom stereocenters. The van der Waals surface area contributed by atoms with Crippen molar-refractivity contribution in [1.82, 2.24) is 4.72 Å². The lowest BCUT2D eigenvalue weighted by Gasteiger charge is -2.14. The lowest BCUT2D eigenvalue weighted by atomic mass is 10.2. The number of anilines is 3. The van der Waals surface area contributed by atoms with Crippen molar-refractivity contribution >= 4 is 27.1 Å². The van der Waals surface area contributed by atoms with Crippen molar-refractivity contribution in [3.05, 3.63) is 47.8 Å². The molecule has 4 N–H and O–H groups in total. The fraction of sp³-hybridized carbons (Fsp3) is 0.143. The van der Waals surface area contributed by atoms with Crippen molar-refractivity contribution in [2.75, 3.05) is 18.1 Å². The molecule has 0 aromatic heterocycles. The highest BCUT2D eigenvalue weighted by molar-refractivity contribution is 7.89. The Labute approximate surface area is 123 Å². The average molecular weight is 309 g/mol. The van der Waals surface area contributed by atoms with Gasteiger partial charge in [0.25, 0.3) is 0 Å². The molecule has 0 bridgehead atoms. The summed E-state index contributed by atoms with van der Waals surface area (Å²) in [5, 5.41) is 2.93. The summed E-state index contributed by atoms with van der Waals surface area (Å²) in [6.07, 6.45) is 0. The van der Waals surface area contributed by atoms with E-state index in [2.05, 4.69) is 10.0 Å². The number of hydrogen-bond donors (Lipinski definition) is 3. The van der Waals surface area contributed by atoms with Crippen LogP contribution in [0.1, 0.15) is 5.56 Å². The van der Waals surface area contributed by atoms with Gasteiger partial charge in [-0.3, -0.25) is 0 Å². The predicted octanol–water partition coefficient (Wildman–Crippen LogP) is 2.37. The van der Waals surface area contributed by atoms with E-state index in [0.29, 0.717) is 22.6 Å². The number of halogens is 1. The zero-order valence-electron chi connectivity index (χ0n) is 11.6. The second kappa shape index (κ2) is 5.71. The first-order valence-corrected chi connectivity index (χ1v) is 7.68. The largest absolute Gasteiger partial charge is 0.399 e. The first-order chi connectivity index (χ1) is 9.85. The Kier molecular flexibility index (Phi) is 4.15. The van der Waals surface area contributed by atoms with Crippen LogP contribution in [0.15, 0.2) is 41.3 Å². The SMILES string of the molecule is CNS(=O)(=O)c1cc(N)ccc1Nc1cccc(F)c1C. The highest BCUT2D eigenvalue weighted by Crippen LogP contribution is 2.29. The minimum Gasteiger partial charge on any atom is -0.399 e. The van der Waals surface area contributed by atoms with Gasteiger partial charge in [-0.1, -0.05) is 6.07 Å². The van der Waals surface area contributed by atoms with Gasteiger partial charge < -0.3 is 11.1 Å². The minimum absolute atomic E-state index is 0.00802. The molecule has 0 amide bonds. The molecule has 0 atom stereocenters. The topological polar surface area (TPSA) is 84.2 Å². The summed E-state index contributed by atoms with van der Waals surface area (Å²) >= 11 is 0. The molecule has 0 aliphatic carbocycles. The predicted molar refractivity (Wildman–Crippen MR) is 81.5 cm³/mol. The summed E-state index contributed by atoms with van der Waals surface area (Å²) < 4.78 is 39.9. The molecular weight excluding hydrogens is 293 g/mol. The maximum Gasteiger partial charge on any atom is 0.242 e. The number of nitrogens with one attached hydrogen (secondary N) is 2. The van der Waals surface area contributed by atoms with Gasteiger partial charge in [0.15, 0.2) is 0 Å². The molecule has 2 rings (SSSR count). The number of benzene rings is 2. The Bertz CT molecular complexity index is 776. The summed E-state index contributed by atoms with van der Waals surface area (Å²) in [5.74, 6) is -0.367. The van der Waals surface area contributed by atoms with Gasteiger partial charge in [-0.05, 0) is 44.3 Å². The molecule has 112 valence electrons. The molecule has 0 saturated heterocycles. The smallest absolute Gasteiger partial charge is 0.242 e. The standard InChI is InChI=1S/C14H16FN3O2S/c1-9-11(15)4-3-5-12(9)18-13-7-6-10(16)8-14(13)21(19,20)17-2/h3-8,17-18H,16H2,1-2H3. The molecule has 5 nitrogen and oxygen atoms in total. The molecule has 0 radical (unpaired) electrons. The lowest BCUT2D eigenvalue weighted by molar-refractivity contribution is 0.588. The molecular formula is C14H16FN3O2S. The van der Waals surface area contributed by atoms with E-state index in [9.17, 15) is 12.8 Å². The molecule has 7 heteroatoms. The van der Waals surface area contributed by atoms with Gasteiger partial charge in [-0.2, -0.15) is 0 Å². The monoisotopic (exact) mass is 309 g/mol. The third-order valence-electron chi connectivity index (χ3n) is 3.10. The van der Waals surface area contributed by atoms with E-state index >= 15 is 0 Å². The minimum atomic E-state index is -3.68. The molecule has 2 aromatic carbocycles. The third-order valence-corrected chi connectivity index (χ3v) is 4.56. The van der Waals surface area contributed by atoms with Gasteiger partial charge in [-0.15, -0.1) is 0 Å². The highest BCUT2D eigenvalue weighted by atomic mass is 32.2. The molecule has 0 saturated carbocycles. The third kappa shape index (κ3) is 3.14. The van der Waals surface area contributed by atoms with Crippen LogP contribution in [0.4, 0.5) is 21.5 Å². The summed E-state index contributed by atoms with van der Waals surface area (Å²) in [4.78, 5) is 0.00802. The number of nitrogen functional groups attached to an aromatic ring is 1. The van der Waals surface area contributed by atoms with Crippen LogP contribution >= 0.6 is 0 Å². The Morgan fingerprint density at radius 3 is 2.52 bits per heavy atom. The van der Waals surface area contributed by atoms with Crippen LogP contribution < -0.4 is 15.8 Å². The summed E-state index contributed by atoms with van der Waals surface area (Å²) in [5.41, 5.74) is 7.19. The van der Waals surface area contributed by atoms with E-state index in [1.807, 2.05) is 0 Å². The quantitative estimate of drug-likeness (QED) is 0.757. The van der Waals surface area contributed by atoms with E-state index in [4.69, 9.17) is 5.73 Å². The fourth-order valence-electron chi connectivity index (χ4n) is 1.86. The van der Waals surface area contributed by atoms with E-state index in [-0.39, 0.29) is 10.7 Å². The van der Waals surface area contributed by atoms with Crippen LogP contribution in [0.25, 0.3) is 0 Å². The molecule has 0 heterocycles. The summed E-state index contributed by atoms with van der Waals surface area (Å²) in [6.45, 7) is 1.61. The summed E-state index contributed by atoms with van der Waals surface area (Å²) in [6, 6.07) is 9.03. The van der Waals surface area contributed by atoms with Crippen molar-refractivity contribution < 1.29 is 12.8 Å². The average Bonchev–Trinajstić information content (AvgIpc) is 2.45. The number of nitrogens with two attached hydrogens (primary N) is 1. The Balaban J connectivity index is 2.53. The lowest BCUT2D eigenvalue weighted by Crippen LogP contribution is -2.20. The van der Waals surface area contributed by atoms with E-state index in [1.54, 1.807) is 31.2 Å². The van der Waals surface area contributed by atoms with Gasteiger partial charge in [0.2, 0.25) is 10.0 Å². The number of rotatable bonds is 4. The number of sulfonamides is 1. The molecule has 0 aliphatic rings. The van der Waals surface area contributed by atoms with Crippen LogP contribution in [0.3, 0.4) is 0 Å². The second-order valence-electron chi connectivity index (χ2n) is 4.50. The van der Waals surface area contributed by atoms with E-state index < -0.39 is 10.0 Å². The molecule has 0 aliphatic heterocycles. The van der Waals surface area contributed by atoms with E-state index in [1.165, 1.54) is 19.2 Å². The number of hydrogen-bond acceptors (Lipinski definition) is 4. The first-order valence-electron chi connectivity index (χ1n) is 6.20. The maximum absolute atomic E-state index is 13.6. The van der Waals surface area contributed by atoms with Crippen molar-refractivity contribution in [3.63, 3.8) is 0 Å². The molecule has 21 heavy (non-hydrogen) atoms. The van der Waals surface area contributed by atoms with Crippen LogP contribution in [-0.4, -0.2) is 15.5 Å². The second-order valence-corrected chi connectivity index (χ2v) is 6.36. The maximum atomic E-state index is 13.6. The van der Waals surface area contributed by atoms with Gasteiger partial charge in [0.1, 0.15) is 10.7 Å². The summed E-state index contributed by atoms with van der Waals surface area (Å²) in [7, 11) is -2.37. The van der Waals surface area contributed by atoms with Gasteiger partial charge in [-0.25, -0.2) is 17.5 Å². The normalized spacial score (nSPS) is 11.4. The Morgan fingerprint density at radius 2 is 1.86 bits per heavy atom. The van der Waals surface area contributed by atoms with Gasteiger partial charge in [0, 0.05) is 16.9 Å². The van der Waals surface area contributed by atoms with Crippen molar-refractivity contribution in [2.45, 2.75) is 11.8 Å². The van der Waals surface area contributed by atoms with Crippen molar-refractivity contribution in [3.8, 4) is 0 Å². The zero-order chi connectivity index (χ0) is 15.6. The Morgan fingerprint density at radius 1 is 1.14 bits per heavy atom. The Hall–Kier alpha value is -2.12. The van der Waals surface area contributed by atoms with Crippen LogP contribution in [-0.2, 0) is 10.0 Å². The zero-order valence-corrected chi connectivity index (χ0v) is 12.5. The van der Waals surface area contributed by atoms with Crippen LogP contribution in [0, 0.1) is 12.7 Å². The van der Waals surface area contributed by atoms with Crippen molar-refractivity contribution in [2.24, 2.45) is 0 Å². The fourth-order valence-corrected chi connectivity index (χ4v) is 2.78. The molecule has 0 fully saturated rings. The van der Waals surface area contributed by atoms with Crippen LogP contribution in [0.2, 0.25) is 0 Å². The van der Waals surface area contributed by atoms with E-state index in [0.717, 1.165) is 0 Å². The first kappa shape index (κ1) is 15.3. The highest BCUT2D eigenvalue weighted by Gasteiger charge is 2.18. The van der Waals surface area contributed by atoms with Gasteiger partial charge in [0.05, 0.1) is 5.69 Å².